The molecule has 0 spiro atoms. The zero-order chi connectivity index (χ0) is 12.8. The van der Waals surface area contributed by atoms with E-state index >= 15 is 0 Å². The molecule has 1 aromatic carbocycles. The molecular formula is C14H20N2O. The number of methoxy groups -OCH3 is 1. The second kappa shape index (κ2) is 6.21. The summed E-state index contributed by atoms with van der Waals surface area (Å²) in [5.41, 5.74) is 2.97. The van der Waals surface area contributed by atoms with Gasteiger partial charge in [0, 0.05) is 0 Å². The number of nitrogens with zero attached hydrogens (tertiary/aromatic N) is 2. The van der Waals surface area contributed by atoms with Gasteiger partial charge in [-0.1, -0.05) is 36.4 Å². The summed E-state index contributed by atoms with van der Waals surface area (Å²) in [6.45, 7) is 6.69. The highest BCUT2D eigenvalue weighted by Crippen LogP contribution is 2.14. The summed E-state index contributed by atoms with van der Waals surface area (Å²) >= 11 is 0. The minimum absolute atomic E-state index is 0.667. The quantitative estimate of drug-likeness (QED) is 0.589. The summed E-state index contributed by atoms with van der Waals surface area (Å²) in [6, 6.07) is 8.14. The van der Waals surface area contributed by atoms with Crippen molar-refractivity contribution in [2.45, 2.75) is 6.92 Å². The van der Waals surface area contributed by atoms with Gasteiger partial charge in [-0.05, 0) is 26.6 Å². The van der Waals surface area contributed by atoms with Crippen LogP contribution in [0, 0.1) is 6.92 Å². The first kappa shape index (κ1) is 13.5. The van der Waals surface area contributed by atoms with Gasteiger partial charge in [0.2, 0.25) is 5.90 Å². The van der Waals surface area contributed by atoms with Crippen molar-refractivity contribution in [2.24, 2.45) is 4.99 Å². The molecule has 0 saturated carbocycles. The third-order valence-corrected chi connectivity index (χ3v) is 2.33. The number of rotatable bonds is 4. The van der Waals surface area contributed by atoms with Crippen molar-refractivity contribution < 1.29 is 4.74 Å². The van der Waals surface area contributed by atoms with Crippen LogP contribution in [-0.4, -0.2) is 38.5 Å². The number of benzene rings is 1. The molecule has 0 aliphatic rings. The minimum Gasteiger partial charge on any atom is -0.483 e. The van der Waals surface area contributed by atoms with Gasteiger partial charge in [0.15, 0.2) is 0 Å². The smallest absolute Gasteiger partial charge is 0.202 e. The zero-order valence-electron chi connectivity index (χ0n) is 11.0. The van der Waals surface area contributed by atoms with Crippen LogP contribution in [0.1, 0.15) is 11.1 Å². The highest BCUT2D eigenvalue weighted by atomic mass is 16.5. The lowest BCUT2D eigenvalue weighted by molar-refractivity contribution is 0.356. The first-order valence-electron chi connectivity index (χ1n) is 5.55. The molecule has 92 valence electrons. The largest absolute Gasteiger partial charge is 0.483 e. The van der Waals surface area contributed by atoms with E-state index in [-0.39, 0.29) is 0 Å². The maximum Gasteiger partial charge on any atom is 0.202 e. The van der Waals surface area contributed by atoms with Crippen molar-refractivity contribution in [3.8, 4) is 0 Å². The van der Waals surface area contributed by atoms with E-state index in [2.05, 4.69) is 30.6 Å². The molecule has 0 amide bonds. The number of aliphatic imine (C=N–C) groups is 1. The van der Waals surface area contributed by atoms with Gasteiger partial charge in [-0.2, -0.15) is 0 Å². The molecule has 0 aromatic heterocycles. The zero-order valence-corrected chi connectivity index (χ0v) is 11.0. The van der Waals surface area contributed by atoms with Crippen LogP contribution in [0.2, 0.25) is 0 Å². The van der Waals surface area contributed by atoms with E-state index in [0.29, 0.717) is 12.4 Å². The Hall–Kier alpha value is -1.61. The normalized spacial score (nSPS) is 11.7. The van der Waals surface area contributed by atoms with Gasteiger partial charge in [-0.15, -0.1) is 0 Å². The first-order valence-corrected chi connectivity index (χ1v) is 5.55. The lowest BCUT2D eigenvalue weighted by Crippen LogP contribution is -2.22. The van der Waals surface area contributed by atoms with Crippen LogP contribution in [0.3, 0.4) is 0 Å². The van der Waals surface area contributed by atoms with Crippen LogP contribution in [0.5, 0.6) is 0 Å². The highest BCUT2D eigenvalue weighted by molar-refractivity contribution is 5.84. The van der Waals surface area contributed by atoms with E-state index in [0.717, 1.165) is 11.3 Å². The van der Waals surface area contributed by atoms with E-state index in [9.17, 15) is 0 Å². The summed E-state index contributed by atoms with van der Waals surface area (Å²) in [4.78, 5) is 6.40. The van der Waals surface area contributed by atoms with Gasteiger partial charge in [0.1, 0.15) is 0 Å². The minimum atomic E-state index is 0.667. The maximum atomic E-state index is 5.22. The van der Waals surface area contributed by atoms with Gasteiger partial charge >= 0.3 is 0 Å². The van der Waals surface area contributed by atoms with Crippen molar-refractivity contribution in [1.82, 2.24) is 4.90 Å². The Morgan fingerprint density at radius 3 is 2.35 bits per heavy atom. The fourth-order valence-electron chi connectivity index (χ4n) is 1.38. The lowest BCUT2D eigenvalue weighted by atomic mass is 10.1. The predicted molar refractivity (Wildman–Crippen MR) is 73.2 cm³/mol. The Morgan fingerprint density at radius 1 is 1.29 bits per heavy atom. The fraction of sp³-hybridized carbons (Fsp3) is 0.357. The number of ether oxygens (including phenoxy) is 1. The van der Waals surface area contributed by atoms with Crippen molar-refractivity contribution in [3.05, 3.63) is 42.0 Å². The molecule has 3 nitrogen and oxygen atoms in total. The van der Waals surface area contributed by atoms with Crippen LogP contribution in [0.15, 0.2) is 35.8 Å². The third kappa shape index (κ3) is 4.41. The summed E-state index contributed by atoms with van der Waals surface area (Å²) in [6.07, 6.45) is 0. The Labute approximate surface area is 103 Å². The molecule has 0 fully saturated rings. The van der Waals surface area contributed by atoms with Gasteiger partial charge in [0.25, 0.3) is 0 Å². The Morgan fingerprint density at radius 2 is 1.88 bits per heavy atom. The van der Waals surface area contributed by atoms with Crippen LogP contribution < -0.4 is 0 Å². The van der Waals surface area contributed by atoms with Gasteiger partial charge in [-0.25, -0.2) is 4.99 Å². The van der Waals surface area contributed by atoms with Gasteiger partial charge in [-0.3, -0.25) is 0 Å². The molecular weight excluding hydrogens is 212 g/mol. The number of aryl methyl sites for hydroxylation is 1. The summed E-state index contributed by atoms with van der Waals surface area (Å²) in [5, 5.41) is 0. The SMILES string of the molecule is C=C(N=C(CN(C)C)OC)c1ccc(C)cc1. The average molecular weight is 232 g/mol. The van der Waals surface area contributed by atoms with E-state index in [1.165, 1.54) is 5.56 Å². The number of hydrogen-bond donors (Lipinski definition) is 0. The average Bonchev–Trinajstić information content (AvgIpc) is 2.28. The molecule has 0 saturated heterocycles. The molecule has 0 heterocycles. The molecule has 0 unspecified atom stereocenters. The number of hydrogen-bond acceptors (Lipinski definition) is 3. The number of likely N-dealkylation sites (N-methyl/N-ethyl adjacent to an activating group) is 1. The molecule has 1 aromatic rings. The molecule has 1 rings (SSSR count). The maximum absolute atomic E-state index is 5.22. The van der Waals surface area contributed by atoms with Crippen LogP contribution in [0.25, 0.3) is 5.70 Å². The topological polar surface area (TPSA) is 24.8 Å². The van der Waals surface area contributed by atoms with E-state index in [1.54, 1.807) is 7.11 Å². The molecule has 0 aliphatic carbocycles. The summed E-state index contributed by atoms with van der Waals surface area (Å²) in [5.74, 6) is 0.667. The summed E-state index contributed by atoms with van der Waals surface area (Å²) in [7, 11) is 5.58. The second-order valence-electron chi connectivity index (χ2n) is 4.26. The van der Waals surface area contributed by atoms with Crippen LogP contribution in [-0.2, 0) is 4.74 Å². The third-order valence-electron chi connectivity index (χ3n) is 2.33. The first-order chi connectivity index (χ1) is 8.02. The molecule has 0 aliphatic heterocycles. The Kier molecular flexibility index (Phi) is 4.91. The van der Waals surface area contributed by atoms with E-state index in [4.69, 9.17) is 4.74 Å². The molecule has 17 heavy (non-hydrogen) atoms. The molecule has 0 N–H and O–H groups in total. The standard InChI is InChI=1S/C14H20N2O/c1-11-6-8-13(9-7-11)12(2)15-14(17-5)10-16(3)4/h6-9H,2,10H2,1,3-5H3. The van der Waals surface area contributed by atoms with Crippen LogP contribution >= 0.6 is 0 Å². The van der Waals surface area contributed by atoms with Crippen molar-refractivity contribution in [2.75, 3.05) is 27.7 Å². The van der Waals surface area contributed by atoms with Crippen LogP contribution in [0.4, 0.5) is 0 Å². The Bertz CT molecular complexity index is 405. The molecule has 3 heteroatoms. The monoisotopic (exact) mass is 232 g/mol. The van der Waals surface area contributed by atoms with E-state index < -0.39 is 0 Å². The summed E-state index contributed by atoms with van der Waals surface area (Å²) < 4.78 is 5.22. The molecule has 0 radical (unpaired) electrons. The van der Waals surface area contributed by atoms with Crippen molar-refractivity contribution in [3.63, 3.8) is 0 Å². The van der Waals surface area contributed by atoms with Crippen molar-refractivity contribution >= 4 is 11.6 Å². The fourth-order valence-corrected chi connectivity index (χ4v) is 1.38. The van der Waals surface area contributed by atoms with Crippen molar-refractivity contribution in [1.29, 1.82) is 0 Å². The second-order valence-corrected chi connectivity index (χ2v) is 4.26. The Balaban J connectivity index is 2.82. The molecule has 0 atom stereocenters. The van der Waals surface area contributed by atoms with Gasteiger partial charge < -0.3 is 9.64 Å². The highest BCUT2D eigenvalue weighted by Gasteiger charge is 2.03. The lowest BCUT2D eigenvalue weighted by Gasteiger charge is -2.11. The molecule has 0 bridgehead atoms. The van der Waals surface area contributed by atoms with E-state index in [1.807, 2.05) is 31.1 Å². The van der Waals surface area contributed by atoms with Gasteiger partial charge in [0.05, 0.1) is 19.4 Å². The predicted octanol–water partition coefficient (Wildman–Crippen LogP) is 2.57.